The molecule has 0 fully saturated rings. The maximum Gasteiger partial charge on any atom is 0.186 e. The fourth-order valence-corrected chi connectivity index (χ4v) is 2.84. The van der Waals surface area contributed by atoms with Crippen molar-refractivity contribution in [1.82, 2.24) is 0 Å². The van der Waals surface area contributed by atoms with Crippen molar-refractivity contribution in [2.75, 3.05) is 5.75 Å². The van der Waals surface area contributed by atoms with Gasteiger partial charge in [0.25, 0.3) is 0 Å². The van der Waals surface area contributed by atoms with E-state index in [1.807, 2.05) is 12.1 Å². The van der Waals surface area contributed by atoms with Crippen LogP contribution in [0.1, 0.15) is 11.8 Å². The molecular formula is C13H12OS2. The molecule has 1 aromatic carbocycles. The van der Waals surface area contributed by atoms with Crippen molar-refractivity contribution in [3.8, 4) is 0 Å². The number of hydrogen-bond donors (Lipinski definition) is 0. The normalized spacial score (nSPS) is 11.3. The predicted octanol–water partition coefficient (Wildman–Crippen LogP) is 4.19. The fraction of sp³-hybridized carbons (Fsp3) is 0.154. The number of hydrogen-bond acceptors (Lipinski definition) is 3. The number of carbonyl (C=O) groups is 1. The summed E-state index contributed by atoms with van der Waals surface area (Å²) in [5.74, 6) is 0.754. The maximum atomic E-state index is 10.7. The van der Waals surface area contributed by atoms with Crippen LogP contribution in [-0.2, 0) is 4.79 Å². The lowest BCUT2D eigenvalue weighted by atomic mass is 10.2. The smallest absolute Gasteiger partial charge is 0.186 e. The van der Waals surface area contributed by atoms with Gasteiger partial charge < -0.3 is 0 Å². The van der Waals surface area contributed by atoms with Crippen LogP contribution in [0.5, 0.6) is 0 Å². The topological polar surface area (TPSA) is 17.1 Å². The number of thioether (sulfide) groups is 1. The second-order valence-corrected chi connectivity index (χ2v) is 5.70. The minimum Gasteiger partial charge on any atom is -0.288 e. The van der Waals surface area contributed by atoms with Gasteiger partial charge in [0.2, 0.25) is 0 Å². The van der Waals surface area contributed by atoms with Crippen LogP contribution in [0.25, 0.3) is 16.2 Å². The van der Waals surface area contributed by atoms with Crippen LogP contribution in [0.15, 0.2) is 36.4 Å². The Kier molecular flexibility index (Phi) is 3.80. The third kappa shape index (κ3) is 2.97. The Morgan fingerprint density at radius 1 is 1.44 bits per heavy atom. The molecule has 0 saturated heterocycles. The summed E-state index contributed by atoms with van der Waals surface area (Å²) in [7, 11) is 0. The van der Waals surface area contributed by atoms with Gasteiger partial charge in [0.15, 0.2) is 5.12 Å². The van der Waals surface area contributed by atoms with Crippen molar-refractivity contribution < 1.29 is 4.79 Å². The zero-order valence-corrected chi connectivity index (χ0v) is 10.6. The van der Waals surface area contributed by atoms with Gasteiger partial charge in [0.05, 0.1) is 0 Å². The van der Waals surface area contributed by atoms with Gasteiger partial charge in [-0.3, -0.25) is 4.79 Å². The van der Waals surface area contributed by atoms with Gasteiger partial charge in [-0.25, -0.2) is 0 Å². The molecule has 1 aromatic heterocycles. The number of benzene rings is 1. The van der Waals surface area contributed by atoms with Crippen molar-refractivity contribution in [2.24, 2.45) is 0 Å². The Hall–Kier alpha value is -1.06. The van der Waals surface area contributed by atoms with Crippen molar-refractivity contribution in [2.45, 2.75) is 6.92 Å². The highest BCUT2D eigenvalue weighted by atomic mass is 32.2. The zero-order valence-electron chi connectivity index (χ0n) is 8.97. The summed E-state index contributed by atoms with van der Waals surface area (Å²) in [6.45, 7) is 1.60. The molecule has 1 nitrogen and oxygen atoms in total. The summed E-state index contributed by atoms with van der Waals surface area (Å²) >= 11 is 3.11. The largest absolute Gasteiger partial charge is 0.288 e. The second kappa shape index (κ2) is 5.32. The molecule has 0 aliphatic heterocycles. The van der Waals surface area contributed by atoms with Gasteiger partial charge in [-0.15, -0.1) is 11.3 Å². The Morgan fingerprint density at radius 2 is 2.25 bits per heavy atom. The molecule has 0 radical (unpaired) electrons. The van der Waals surface area contributed by atoms with E-state index in [0.717, 1.165) is 5.75 Å². The lowest BCUT2D eigenvalue weighted by Gasteiger charge is -1.87. The molecule has 2 rings (SSSR count). The van der Waals surface area contributed by atoms with E-state index >= 15 is 0 Å². The van der Waals surface area contributed by atoms with E-state index in [2.05, 4.69) is 30.3 Å². The van der Waals surface area contributed by atoms with E-state index in [1.54, 1.807) is 18.3 Å². The van der Waals surface area contributed by atoms with Crippen LogP contribution in [0.2, 0.25) is 0 Å². The Bertz CT molecular complexity index is 492. The summed E-state index contributed by atoms with van der Waals surface area (Å²) in [5.41, 5.74) is 0. The highest BCUT2D eigenvalue weighted by molar-refractivity contribution is 8.13. The first-order chi connectivity index (χ1) is 7.75. The quantitative estimate of drug-likeness (QED) is 0.810. The van der Waals surface area contributed by atoms with Gasteiger partial charge in [-0.2, -0.15) is 0 Å². The average molecular weight is 248 g/mol. The van der Waals surface area contributed by atoms with Gasteiger partial charge in [-0.1, -0.05) is 36.0 Å². The molecule has 0 bridgehead atoms. The molecular weight excluding hydrogens is 236 g/mol. The summed E-state index contributed by atoms with van der Waals surface area (Å²) in [6.07, 6.45) is 4.12. The van der Waals surface area contributed by atoms with Crippen LogP contribution < -0.4 is 0 Å². The van der Waals surface area contributed by atoms with E-state index in [9.17, 15) is 4.79 Å². The first-order valence-corrected chi connectivity index (χ1v) is 6.84. The van der Waals surface area contributed by atoms with E-state index in [-0.39, 0.29) is 5.12 Å². The van der Waals surface area contributed by atoms with Crippen molar-refractivity contribution in [1.29, 1.82) is 0 Å². The van der Waals surface area contributed by atoms with Gasteiger partial charge >= 0.3 is 0 Å². The molecule has 3 heteroatoms. The minimum atomic E-state index is 0.168. The average Bonchev–Trinajstić information content (AvgIpc) is 2.66. The molecule has 0 N–H and O–H groups in total. The second-order valence-electron chi connectivity index (χ2n) is 3.39. The van der Waals surface area contributed by atoms with Crippen LogP contribution in [0.3, 0.4) is 0 Å². The highest BCUT2D eigenvalue weighted by Gasteiger charge is 1.97. The summed E-state index contributed by atoms with van der Waals surface area (Å²) in [4.78, 5) is 12.0. The molecule has 82 valence electrons. The lowest BCUT2D eigenvalue weighted by molar-refractivity contribution is -0.109. The summed E-state index contributed by atoms with van der Waals surface area (Å²) in [6, 6.07) is 10.5. The number of carbonyl (C=O) groups excluding carboxylic acids is 1. The number of fused-ring (bicyclic) bond motifs is 1. The molecule has 0 aliphatic rings. The van der Waals surface area contributed by atoms with Crippen LogP contribution in [0, 0.1) is 0 Å². The molecule has 16 heavy (non-hydrogen) atoms. The molecule has 0 amide bonds. The molecule has 0 atom stereocenters. The van der Waals surface area contributed by atoms with Crippen molar-refractivity contribution in [3.05, 3.63) is 41.3 Å². The Balaban J connectivity index is 2.06. The third-order valence-electron chi connectivity index (χ3n) is 2.11. The monoisotopic (exact) mass is 248 g/mol. The Labute approximate surface area is 103 Å². The molecule has 2 aromatic rings. The number of thiophene rings is 1. The summed E-state index contributed by atoms with van der Waals surface area (Å²) in [5, 5.41) is 1.45. The molecule has 0 spiro atoms. The van der Waals surface area contributed by atoms with Crippen LogP contribution >= 0.6 is 23.1 Å². The van der Waals surface area contributed by atoms with Crippen LogP contribution in [-0.4, -0.2) is 10.9 Å². The molecule has 0 aliphatic carbocycles. The van der Waals surface area contributed by atoms with Gasteiger partial charge in [0.1, 0.15) is 0 Å². The van der Waals surface area contributed by atoms with Crippen LogP contribution in [0.4, 0.5) is 0 Å². The van der Waals surface area contributed by atoms with E-state index in [4.69, 9.17) is 0 Å². The van der Waals surface area contributed by atoms with E-state index in [1.165, 1.54) is 26.7 Å². The zero-order chi connectivity index (χ0) is 11.4. The minimum absolute atomic E-state index is 0.168. The first kappa shape index (κ1) is 11.4. The van der Waals surface area contributed by atoms with Crippen molar-refractivity contribution in [3.63, 3.8) is 0 Å². The predicted molar refractivity (Wildman–Crippen MR) is 74.0 cm³/mol. The molecule has 0 unspecified atom stereocenters. The maximum absolute atomic E-state index is 10.7. The van der Waals surface area contributed by atoms with Crippen molar-refractivity contribution >= 4 is 44.4 Å². The highest BCUT2D eigenvalue weighted by Crippen LogP contribution is 2.26. The standard InChI is InChI=1S/C13H12OS2/c1-10(14)15-8-4-6-12-9-11-5-2-3-7-13(11)16-12/h2-7,9H,8H2,1H3. The van der Waals surface area contributed by atoms with Gasteiger partial charge in [-0.05, 0) is 23.6 Å². The first-order valence-electron chi connectivity index (χ1n) is 5.04. The fourth-order valence-electron chi connectivity index (χ4n) is 1.41. The molecule has 1 heterocycles. The molecule has 0 saturated carbocycles. The van der Waals surface area contributed by atoms with E-state index < -0.39 is 0 Å². The SMILES string of the molecule is CC(=O)SCC=Cc1cc2ccccc2s1. The summed E-state index contributed by atoms with van der Waals surface area (Å²) < 4.78 is 1.31. The Morgan fingerprint density at radius 3 is 3.00 bits per heavy atom. The number of rotatable bonds is 3. The third-order valence-corrected chi connectivity index (χ3v) is 3.96. The lowest BCUT2D eigenvalue weighted by Crippen LogP contribution is -1.80. The van der Waals surface area contributed by atoms with Gasteiger partial charge in [0, 0.05) is 22.3 Å². The van der Waals surface area contributed by atoms with E-state index in [0.29, 0.717) is 0 Å².